The quantitative estimate of drug-likeness (QED) is 0.481. The van der Waals surface area contributed by atoms with E-state index in [1.807, 2.05) is 0 Å². The van der Waals surface area contributed by atoms with Crippen molar-refractivity contribution in [3.63, 3.8) is 0 Å². The second kappa shape index (κ2) is 5.87. The largest absolute Gasteiger partial charge is 0.398 e. The molecule has 1 amide bonds. The number of hydrogen-bond acceptors (Lipinski definition) is 5. The van der Waals surface area contributed by atoms with Crippen LogP contribution < -0.4 is 11.5 Å². The number of non-ortho nitro benzene ring substituents is 1. The van der Waals surface area contributed by atoms with E-state index in [1.165, 1.54) is 12.1 Å². The van der Waals surface area contributed by atoms with Crippen molar-refractivity contribution in [2.75, 3.05) is 18.8 Å². The molecule has 0 saturated carbocycles. The highest BCUT2D eigenvalue weighted by atomic mass is 16.6. The Kier molecular flexibility index (Phi) is 4.19. The van der Waals surface area contributed by atoms with Crippen LogP contribution in [-0.4, -0.2) is 28.8 Å². The molecular formula is C13H18N4O3. The number of nitrogens with zero attached hydrogens (tertiary/aromatic N) is 2. The Morgan fingerprint density at radius 2 is 2.25 bits per heavy atom. The molecule has 1 fully saturated rings. The number of hydrogen-bond donors (Lipinski definition) is 2. The molecule has 2 rings (SSSR count). The van der Waals surface area contributed by atoms with Gasteiger partial charge in [0.25, 0.3) is 5.69 Å². The summed E-state index contributed by atoms with van der Waals surface area (Å²) in [7, 11) is 0. The summed E-state index contributed by atoms with van der Waals surface area (Å²) in [6, 6.07) is 4.42. The van der Waals surface area contributed by atoms with Crippen LogP contribution in [0.15, 0.2) is 18.2 Å². The lowest BCUT2D eigenvalue weighted by atomic mass is 9.97. The zero-order valence-electron chi connectivity index (χ0n) is 11.1. The van der Waals surface area contributed by atoms with Crippen LogP contribution in [0.1, 0.15) is 18.4 Å². The van der Waals surface area contributed by atoms with Gasteiger partial charge in [0.1, 0.15) is 0 Å². The fourth-order valence-corrected chi connectivity index (χ4v) is 2.51. The maximum Gasteiger partial charge on any atom is 0.269 e. The lowest BCUT2D eigenvalue weighted by Crippen LogP contribution is -2.40. The molecule has 7 nitrogen and oxygen atoms in total. The minimum absolute atomic E-state index is 0.0256. The van der Waals surface area contributed by atoms with Gasteiger partial charge in [0, 0.05) is 30.9 Å². The van der Waals surface area contributed by atoms with E-state index in [0.29, 0.717) is 24.3 Å². The molecule has 108 valence electrons. The fourth-order valence-electron chi connectivity index (χ4n) is 2.51. The number of carbonyl (C=O) groups is 1. The van der Waals surface area contributed by atoms with Crippen molar-refractivity contribution >= 4 is 17.3 Å². The van der Waals surface area contributed by atoms with Gasteiger partial charge in [-0.1, -0.05) is 0 Å². The molecule has 1 unspecified atom stereocenters. The van der Waals surface area contributed by atoms with Gasteiger partial charge >= 0.3 is 0 Å². The van der Waals surface area contributed by atoms with Crippen molar-refractivity contribution in [2.24, 2.45) is 11.7 Å². The average molecular weight is 278 g/mol. The first-order valence-electron chi connectivity index (χ1n) is 6.52. The molecular weight excluding hydrogens is 260 g/mol. The van der Waals surface area contributed by atoms with Crippen molar-refractivity contribution in [3.8, 4) is 0 Å². The third-order valence-corrected chi connectivity index (χ3v) is 3.64. The lowest BCUT2D eigenvalue weighted by molar-refractivity contribution is -0.384. The number of nitro groups is 1. The van der Waals surface area contributed by atoms with E-state index in [-0.39, 0.29) is 17.5 Å². The molecule has 20 heavy (non-hydrogen) atoms. The standard InChI is InChI=1S/C13H18N4O3/c14-12-4-3-11(17(19)20)6-10(12)8-16-5-1-2-9(7-16)13(15)18/h3-4,6,9H,1-2,5,7-8,14H2,(H2,15,18). The predicted octanol–water partition coefficient (Wildman–Crippen LogP) is 0.874. The van der Waals surface area contributed by atoms with Crippen LogP contribution in [0, 0.1) is 16.0 Å². The summed E-state index contributed by atoms with van der Waals surface area (Å²) >= 11 is 0. The molecule has 0 radical (unpaired) electrons. The third-order valence-electron chi connectivity index (χ3n) is 3.64. The van der Waals surface area contributed by atoms with E-state index < -0.39 is 4.92 Å². The van der Waals surface area contributed by atoms with Crippen LogP contribution in [0.4, 0.5) is 11.4 Å². The summed E-state index contributed by atoms with van der Waals surface area (Å²) in [6.45, 7) is 1.92. The highest BCUT2D eigenvalue weighted by molar-refractivity contribution is 5.76. The van der Waals surface area contributed by atoms with E-state index in [4.69, 9.17) is 11.5 Å². The summed E-state index contributed by atoms with van der Waals surface area (Å²) in [5.74, 6) is -0.439. The maximum absolute atomic E-state index is 11.2. The SMILES string of the molecule is NC(=O)C1CCCN(Cc2cc([N+](=O)[O-])ccc2N)C1. The lowest BCUT2D eigenvalue weighted by Gasteiger charge is -2.31. The number of primary amides is 1. The molecule has 0 bridgehead atoms. The zero-order valence-corrected chi connectivity index (χ0v) is 11.1. The van der Waals surface area contributed by atoms with E-state index >= 15 is 0 Å². The monoisotopic (exact) mass is 278 g/mol. The number of anilines is 1. The van der Waals surface area contributed by atoms with E-state index in [0.717, 1.165) is 19.4 Å². The third kappa shape index (κ3) is 3.24. The van der Waals surface area contributed by atoms with Gasteiger partial charge in [-0.25, -0.2) is 0 Å². The first kappa shape index (κ1) is 14.3. The summed E-state index contributed by atoms with van der Waals surface area (Å²) in [5.41, 5.74) is 12.5. The van der Waals surface area contributed by atoms with Crippen molar-refractivity contribution < 1.29 is 9.72 Å². The number of carbonyl (C=O) groups excluding carboxylic acids is 1. The Hall–Kier alpha value is -2.15. The van der Waals surface area contributed by atoms with Crippen LogP contribution in [0.5, 0.6) is 0 Å². The van der Waals surface area contributed by atoms with Crippen LogP contribution in [-0.2, 0) is 11.3 Å². The van der Waals surface area contributed by atoms with Crippen molar-refractivity contribution in [1.29, 1.82) is 0 Å². The number of piperidine rings is 1. The molecule has 0 aromatic heterocycles. The Labute approximate surface area is 116 Å². The minimum Gasteiger partial charge on any atom is -0.398 e. The normalized spacial score (nSPS) is 19.7. The number of amides is 1. The van der Waals surface area contributed by atoms with E-state index in [9.17, 15) is 14.9 Å². The number of benzene rings is 1. The summed E-state index contributed by atoms with van der Waals surface area (Å²) in [5, 5.41) is 10.8. The molecule has 4 N–H and O–H groups in total. The molecule has 1 aliphatic heterocycles. The van der Waals surface area contributed by atoms with Gasteiger partial charge in [0.15, 0.2) is 0 Å². The second-order valence-electron chi connectivity index (χ2n) is 5.12. The average Bonchev–Trinajstić information content (AvgIpc) is 2.41. The zero-order chi connectivity index (χ0) is 14.7. The van der Waals surface area contributed by atoms with E-state index in [2.05, 4.69) is 4.90 Å². The van der Waals surface area contributed by atoms with Crippen molar-refractivity contribution in [3.05, 3.63) is 33.9 Å². The first-order valence-corrected chi connectivity index (χ1v) is 6.52. The maximum atomic E-state index is 11.2. The van der Waals surface area contributed by atoms with Gasteiger partial charge in [0.05, 0.1) is 10.8 Å². The van der Waals surface area contributed by atoms with Gasteiger partial charge in [0.2, 0.25) is 5.91 Å². The van der Waals surface area contributed by atoms with Gasteiger partial charge in [-0.05, 0) is 31.0 Å². The number of nitro benzene ring substituents is 1. The Morgan fingerprint density at radius 1 is 1.50 bits per heavy atom. The highest BCUT2D eigenvalue weighted by Gasteiger charge is 2.24. The molecule has 0 aliphatic carbocycles. The highest BCUT2D eigenvalue weighted by Crippen LogP contribution is 2.24. The summed E-state index contributed by atoms with van der Waals surface area (Å²) < 4.78 is 0. The molecule has 1 atom stereocenters. The predicted molar refractivity (Wildman–Crippen MR) is 74.7 cm³/mol. The second-order valence-corrected chi connectivity index (χ2v) is 5.12. The van der Waals surface area contributed by atoms with Gasteiger partial charge in [-0.15, -0.1) is 0 Å². The van der Waals surface area contributed by atoms with Gasteiger partial charge in [-0.2, -0.15) is 0 Å². The fraction of sp³-hybridized carbons (Fsp3) is 0.462. The molecule has 1 aliphatic rings. The minimum atomic E-state index is -0.439. The smallest absolute Gasteiger partial charge is 0.269 e. The van der Waals surface area contributed by atoms with Crippen LogP contribution in [0.25, 0.3) is 0 Å². The molecule has 1 aromatic carbocycles. The van der Waals surface area contributed by atoms with Crippen LogP contribution in [0.3, 0.4) is 0 Å². The topological polar surface area (TPSA) is 115 Å². The number of likely N-dealkylation sites (tertiary alicyclic amines) is 1. The Balaban J connectivity index is 2.11. The molecule has 0 spiro atoms. The Bertz CT molecular complexity index is 532. The summed E-state index contributed by atoms with van der Waals surface area (Å²) in [4.78, 5) is 23.7. The van der Waals surface area contributed by atoms with Crippen LogP contribution >= 0.6 is 0 Å². The van der Waals surface area contributed by atoms with Crippen molar-refractivity contribution in [2.45, 2.75) is 19.4 Å². The van der Waals surface area contributed by atoms with E-state index in [1.54, 1.807) is 6.07 Å². The Morgan fingerprint density at radius 3 is 2.90 bits per heavy atom. The molecule has 1 heterocycles. The van der Waals surface area contributed by atoms with Gasteiger partial charge < -0.3 is 11.5 Å². The number of nitrogen functional groups attached to an aromatic ring is 1. The van der Waals surface area contributed by atoms with Crippen LogP contribution in [0.2, 0.25) is 0 Å². The van der Waals surface area contributed by atoms with Gasteiger partial charge in [-0.3, -0.25) is 19.8 Å². The number of nitrogens with two attached hydrogens (primary N) is 2. The first-order chi connectivity index (χ1) is 9.47. The molecule has 1 saturated heterocycles. The molecule has 7 heteroatoms. The number of rotatable bonds is 4. The molecule has 1 aromatic rings. The summed E-state index contributed by atoms with van der Waals surface area (Å²) in [6.07, 6.45) is 1.69. The van der Waals surface area contributed by atoms with Crippen molar-refractivity contribution in [1.82, 2.24) is 4.90 Å².